The van der Waals surface area contributed by atoms with Gasteiger partial charge >= 0.3 is 5.97 Å². The highest BCUT2D eigenvalue weighted by Gasteiger charge is 2.43. The minimum absolute atomic E-state index is 0.151. The molecule has 0 saturated carbocycles. The van der Waals surface area contributed by atoms with E-state index >= 15 is 0 Å². The molecular weight excluding hydrogens is 412 g/mol. The average Bonchev–Trinajstić information content (AvgIpc) is 3.20. The van der Waals surface area contributed by atoms with E-state index in [-0.39, 0.29) is 19.4 Å². The molecule has 166 valence electrons. The van der Waals surface area contributed by atoms with Crippen molar-refractivity contribution in [1.82, 2.24) is 5.32 Å². The molecule has 1 fully saturated rings. The lowest BCUT2D eigenvalue weighted by atomic mass is 9.96. The molecule has 3 N–H and O–H groups in total. The third-order valence-electron chi connectivity index (χ3n) is 5.75. The molecule has 2 aliphatic heterocycles. The molecule has 0 radical (unpaired) electrons. The van der Waals surface area contributed by atoms with Crippen LogP contribution >= 0.6 is 0 Å². The van der Waals surface area contributed by atoms with Crippen molar-refractivity contribution in [2.45, 2.75) is 31.0 Å². The van der Waals surface area contributed by atoms with Crippen LogP contribution in [0.3, 0.4) is 0 Å². The molecule has 0 aliphatic carbocycles. The quantitative estimate of drug-likeness (QED) is 0.671. The second kappa shape index (κ2) is 8.70. The number of carbonyl (C=O) groups excluding carboxylic acids is 4. The van der Waals surface area contributed by atoms with E-state index < -0.39 is 41.9 Å². The number of nitrogens with zero attached hydrogens (tertiary/aromatic N) is 2. The Morgan fingerprint density at radius 2 is 1.72 bits per heavy atom. The first-order chi connectivity index (χ1) is 15.4. The number of para-hydroxylation sites is 2. The molecule has 0 aromatic heterocycles. The minimum atomic E-state index is -1.05. The van der Waals surface area contributed by atoms with Crippen LogP contribution in [0.25, 0.3) is 0 Å². The van der Waals surface area contributed by atoms with Crippen LogP contribution in [0.2, 0.25) is 0 Å². The number of nitrogens with two attached hydrogens (primary N) is 1. The smallest absolute Gasteiger partial charge is 0.306 e. The van der Waals surface area contributed by atoms with Crippen molar-refractivity contribution in [3.8, 4) is 0 Å². The highest BCUT2D eigenvalue weighted by atomic mass is 16.6. The van der Waals surface area contributed by atoms with Gasteiger partial charge in [-0.3, -0.25) is 24.1 Å². The number of hydrogen-bond acceptors (Lipinski definition) is 6. The van der Waals surface area contributed by atoms with Gasteiger partial charge in [0.25, 0.3) is 11.8 Å². The summed E-state index contributed by atoms with van der Waals surface area (Å²) in [5, 5.41) is 2.79. The number of carbonyl (C=O) groups is 4. The van der Waals surface area contributed by atoms with Crippen molar-refractivity contribution in [3.05, 3.63) is 60.2 Å². The molecule has 2 aromatic carbocycles. The van der Waals surface area contributed by atoms with Crippen LogP contribution in [0.15, 0.2) is 54.6 Å². The van der Waals surface area contributed by atoms with Crippen LogP contribution in [0.5, 0.6) is 0 Å². The summed E-state index contributed by atoms with van der Waals surface area (Å²) in [7, 11) is 1.83. The second-order valence-electron chi connectivity index (χ2n) is 7.85. The lowest BCUT2D eigenvalue weighted by Crippen LogP contribution is -2.56. The molecule has 0 spiro atoms. The lowest BCUT2D eigenvalue weighted by Gasteiger charge is -2.34. The summed E-state index contributed by atoms with van der Waals surface area (Å²) in [5.74, 6) is -2.15. The molecule has 3 atom stereocenters. The summed E-state index contributed by atoms with van der Waals surface area (Å²) < 4.78 is 5.09. The first-order valence-corrected chi connectivity index (χ1v) is 10.3. The molecule has 0 unspecified atom stereocenters. The Kier molecular flexibility index (Phi) is 5.81. The van der Waals surface area contributed by atoms with Gasteiger partial charge in [-0.1, -0.05) is 42.5 Å². The van der Waals surface area contributed by atoms with Crippen molar-refractivity contribution in [3.63, 3.8) is 0 Å². The highest BCUT2D eigenvalue weighted by Crippen LogP contribution is 2.39. The van der Waals surface area contributed by atoms with Crippen molar-refractivity contribution >= 4 is 35.1 Å². The third kappa shape index (κ3) is 4.01. The number of fused-ring (bicyclic) bond motifs is 1. The number of ether oxygens (including phenoxy) is 1. The molecule has 3 amide bonds. The Balaban J connectivity index is 1.80. The largest absolute Gasteiger partial charge is 0.452 e. The van der Waals surface area contributed by atoms with E-state index in [1.54, 1.807) is 12.1 Å². The van der Waals surface area contributed by atoms with E-state index in [9.17, 15) is 19.2 Å². The number of nitrogens with one attached hydrogen (secondary N) is 1. The summed E-state index contributed by atoms with van der Waals surface area (Å²) >= 11 is 0. The van der Waals surface area contributed by atoms with E-state index in [0.29, 0.717) is 11.4 Å². The van der Waals surface area contributed by atoms with Crippen LogP contribution in [-0.4, -0.2) is 49.4 Å². The van der Waals surface area contributed by atoms with Gasteiger partial charge in [-0.05, 0) is 17.7 Å². The van der Waals surface area contributed by atoms with Gasteiger partial charge in [-0.25, -0.2) is 0 Å². The fraction of sp³-hybridized carbons (Fsp3) is 0.304. The molecule has 32 heavy (non-hydrogen) atoms. The van der Waals surface area contributed by atoms with Crippen LogP contribution in [0.1, 0.15) is 24.4 Å². The van der Waals surface area contributed by atoms with Crippen LogP contribution in [-0.2, 0) is 23.9 Å². The van der Waals surface area contributed by atoms with Gasteiger partial charge in [0.15, 0.2) is 6.10 Å². The predicted octanol–water partition coefficient (Wildman–Crippen LogP) is 0.886. The number of anilines is 2. The number of cyclic esters (lactones) is 1. The fourth-order valence-corrected chi connectivity index (χ4v) is 4.27. The number of benzene rings is 2. The topological polar surface area (TPSA) is 122 Å². The Labute approximate surface area is 185 Å². The Morgan fingerprint density at radius 3 is 2.34 bits per heavy atom. The summed E-state index contributed by atoms with van der Waals surface area (Å²) in [6.45, 7) is -0.337. The van der Waals surface area contributed by atoms with Gasteiger partial charge in [-0.15, -0.1) is 0 Å². The molecular formula is C23H24N4O5. The monoisotopic (exact) mass is 436 g/mol. The van der Waals surface area contributed by atoms with Crippen LogP contribution in [0, 0.1) is 0 Å². The summed E-state index contributed by atoms with van der Waals surface area (Å²) in [6.07, 6.45) is -0.548. The molecule has 1 saturated heterocycles. The number of likely N-dealkylation sites (N-methyl/N-ethyl adjacent to an activating group) is 1. The van der Waals surface area contributed by atoms with E-state index in [2.05, 4.69) is 5.32 Å². The van der Waals surface area contributed by atoms with Gasteiger partial charge in [0.1, 0.15) is 12.6 Å². The summed E-state index contributed by atoms with van der Waals surface area (Å²) in [5.41, 5.74) is 7.47. The van der Waals surface area contributed by atoms with Gasteiger partial charge in [0.05, 0.1) is 17.4 Å². The summed E-state index contributed by atoms with van der Waals surface area (Å²) in [6, 6.07) is 14.8. The summed E-state index contributed by atoms with van der Waals surface area (Å²) in [4.78, 5) is 53.2. The second-order valence-corrected chi connectivity index (χ2v) is 7.85. The zero-order valence-electron chi connectivity index (χ0n) is 17.6. The van der Waals surface area contributed by atoms with Gasteiger partial charge < -0.3 is 20.7 Å². The Morgan fingerprint density at radius 1 is 1.06 bits per heavy atom. The molecule has 9 heteroatoms. The number of amides is 3. The first kappa shape index (κ1) is 21.4. The predicted molar refractivity (Wildman–Crippen MR) is 117 cm³/mol. The minimum Gasteiger partial charge on any atom is -0.452 e. The van der Waals surface area contributed by atoms with Crippen molar-refractivity contribution < 1.29 is 23.9 Å². The maximum absolute atomic E-state index is 13.8. The molecule has 2 heterocycles. The number of esters is 1. The SMILES string of the molecule is CN1c2ccccc2N(CC(N)=O)C(=O)[C@H](NC(=O)[C@@H]2CCC(=O)O2)[C@@H]1c1ccccc1. The molecule has 2 aliphatic rings. The highest BCUT2D eigenvalue weighted by molar-refractivity contribution is 6.07. The first-order valence-electron chi connectivity index (χ1n) is 10.3. The molecule has 0 bridgehead atoms. The van der Waals surface area contributed by atoms with Crippen molar-refractivity contribution in [2.75, 3.05) is 23.4 Å². The number of rotatable bonds is 5. The maximum Gasteiger partial charge on any atom is 0.306 e. The zero-order chi connectivity index (χ0) is 22.8. The van der Waals surface area contributed by atoms with E-state index in [4.69, 9.17) is 10.5 Å². The van der Waals surface area contributed by atoms with Gasteiger partial charge in [0.2, 0.25) is 5.91 Å². The van der Waals surface area contributed by atoms with Gasteiger partial charge in [0, 0.05) is 19.9 Å². The standard InChI is InChI=1S/C23H24N4O5/c1-26-15-9-5-6-10-16(15)27(13-18(24)28)23(31)20(21(26)14-7-3-2-4-8-14)25-22(30)17-11-12-19(29)32-17/h2-10,17,20-21H,11-13H2,1H3,(H2,24,28)(H,25,30)/t17-,20+,21-/m0/s1. The van der Waals surface area contributed by atoms with Crippen molar-refractivity contribution in [2.24, 2.45) is 5.73 Å². The van der Waals surface area contributed by atoms with Gasteiger partial charge in [-0.2, -0.15) is 0 Å². The zero-order valence-corrected chi connectivity index (χ0v) is 17.6. The van der Waals surface area contributed by atoms with Crippen molar-refractivity contribution in [1.29, 1.82) is 0 Å². The third-order valence-corrected chi connectivity index (χ3v) is 5.75. The molecule has 9 nitrogen and oxygen atoms in total. The Bertz CT molecular complexity index is 1060. The molecule has 2 aromatic rings. The normalized spacial score (nSPS) is 22.7. The lowest BCUT2D eigenvalue weighted by molar-refractivity contribution is -0.148. The van der Waals surface area contributed by atoms with E-state index in [1.165, 1.54) is 4.90 Å². The molecule has 4 rings (SSSR count). The number of primary amides is 1. The Hall–Kier alpha value is -3.88. The van der Waals surface area contributed by atoms with Crippen LogP contribution in [0.4, 0.5) is 11.4 Å². The van der Waals surface area contributed by atoms with E-state index in [0.717, 1.165) is 5.56 Å². The fourth-order valence-electron chi connectivity index (χ4n) is 4.27. The van der Waals surface area contributed by atoms with Crippen LogP contribution < -0.4 is 20.9 Å². The maximum atomic E-state index is 13.8. The number of hydrogen-bond donors (Lipinski definition) is 2. The average molecular weight is 436 g/mol. The van der Waals surface area contributed by atoms with E-state index in [1.807, 2.05) is 54.4 Å².